The molecule has 1 aromatic heterocycles. The van der Waals surface area contributed by atoms with Gasteiger partial charge in [0.2, 0.25) is 0 Å². The summed E-state index contributed by atoms with van der Waals surface area (Å²) in [7, 11) is 2.06. The average Bonchev–Trinajstić information content (AvgIpc) is 3.13. The second kappa shape index (κ2) is 5.56. The van der Waals surface area contributed by atoms with Gasteiger partial charge >= 0.3 is 0 Å². The van der Waals surface area contributed by atoms with Crippen LogP contribution in [0.15, 0.2) is 24.3 Å². The fraction of sp³-hybridized carbons (Fsp3) is 0.444. The summed E-state index contributed by atoms with van der Waals surface area (Å²) in [6.07, 6.45) is 5.24. The molecule has 0 fully saturated rings. The van der Waals surface area contributed by atoms with E-state index < -0.39 is 0 Å². The van der Waals surface area contributed by atoms with Crippen molar-refractivity contribution in [2.45, 2.75) is 44.9 Å². The summed E-state index contributed by atoms with van der Waals surface area (Å²) in [6, 6.07) is 9.56. The van der Waals surface area contributed by atoms with Crippen LogP contribution < -0.4 is 5.32 Å². The Bertz CT molecular complexity index is 638. The number of aryl methyl sites for hydroxylation is 2. The maximum atomic E-state index is 5.54. The van der Waals surface area contributed by atoms with E-state index in [4.69, 9.17) is 4.74 Å². The van der Waals surface area contributed by atoms with Crippen molar-refractivity contribution in [1.29, 1.82) is 0 Å². The van der Waals surface area contributed by atoms with E-state index in [1.165, 1.54) is 47.3 Å². The van der Waals surface area contributed by atoms with Crippen LogP contribution in [0.25, 0.3) is 0 Å². The molecule has 1 aromatic carbocycles. The van der Waals surface area contributed by atoms with Crippen LogP contribution in [0.3, 0.4) is 0 Å². The quantitative estimate of drug-likeness (QED) is 0.926. The van der Waals surface area contributed by atoms with E-state index in [9.17, 15) is 0 Å². The van der Waals surface area contributed by atoms with E-state index in [-0.39, 0.29) is 0 Å². The molecule has 2 aliphatic rings. The summed E-state index contributed by atoms with van der Waals surface area (Å²) in [5, 5.41) is 3.50. The van der Waals surface area contributed by atoms with Crippen LogP contribution in [0, 0.1) is 0 Å². The number of ether oxygens (including phenoxy) is 1. The second-order valence-electron chi connectivity index (χ2n) is 6.05. The number of nitrogens with one attached hydrogen (secondary N) is 1. The van der Waals surface area contributed by atoms with Crippen molar-refractivity contribution in [2.24, 2.45) is 0 Å². The predicted molar refractivity (Wildman–Crippen MR) is 86.8 cm³/mol. The smallest absolute Gasteiger partial charge is 0.0725 e. The summed E-state index contributed by atoms with van der Waals surface area (Å²) >= 11 is 2.00. The van der Waals surface area contributed by atoms with Gasteiger partial charge in [-0.3, -0.25) is 0 Å². The zero-order valence-electron chi connectivity index (χ0n) is 12.4. The summed E-state index contributed by atoms with van der Waals surface area (Å²) in [4.78, 5) is 3.07. The lowest BCUT2D eigenvalue weighted by Crippen LogP contribution is -2.16. The second-order valence-corrected chi connectivity index (χ2v) is 7.22. The highest BCUT2D eigenvalue weighted by atomic mass is 32.1. The molecule has 0 saturated heterocycles. The fourth-order valence-electron chi connectivity index (χ4n) is 3.50. The Balaban J connectivity index is 1.69. The summed E-state index contributed by atoms with van der Waals surface area (Å²) < 4.78 is 5.54. The molecule has 2 heterocycles. The van der Waals surface area contributed by atoms with E-state index in [1.54, 1.807) is 10.4 Å². The zero-order valence-corrected chi connectivity index (χ0v) is 13.3. The first-order valence-electron chi connectivity index (χ1n) is 7.83. The maximum Gasteiger partial charge on any atom is 0.0725 e. The molecule has 1 unspecified atom stereocenters. The minimum atomic E-state index is 0.312. The van der Waals surface area contributed by atoms with Crippen molar-refractivity contribution in [3.8, 4) is 0 Å². The van der Waals surface area contributed by atoms with Crippen LogP contribution in [0.2, 0.25) is 0 Å². The van der Waals surface area contributed by atoms with Crippen molar-refractivity contribution >= 4 is 11.3 Å². The van der Waals surface area contributed by atoms with Crippen LogP contribution >= 0.6 is 11.3 Å². The van der Waals surface area contributed by atoms with Crippen LogP contribution in [-0.4, -0.2) is 7.05 Å². The van der Waals surface area contributed by atoms with Crippen LogP contribution in [0.4, 0.5) is 0 Å². The molecule has 2 nitrogen and oxygen atoms in total. The molecule has 3 heteroatoms. The highest BCUT2D eigenvalue weighted by molar-refractivity contribution is 7.12. The average molecular weight is 299 g/mol. The normalized spacial score (nSPS) is 18.3. The molecule has 0 spiro atoms. The molecule has 1 aliphatic heterocycles. The van der Waals surface area contributed by atoms with Crippen molar-refractivity contribution < 1.29 is 4.74 Å². The maximum absolute atomic E-state index is 5.54. The summed E-state index contributed by atoms with van der Waals surface area (Å²) in [5.74, 6) is 0. The topological polar surface area (TPSA) is 21.3 Å². The lowest BCUT2D eigenvalue weighted by molar-refractivity contribution is 0.134. The minimum Gasteiger partial charge on any atom is -0.372 e. The standard InChI is InChI=1S/C18H21NOS/c1-19-18(13-6-7-14-10-20-11-15(14)8-13)17-9-12-4-2-3-5-16(12)21-17/h6-9,18-19H,2-5,10-11H2,1H3. The highest BCUT2D eigenvalue weighted by Crippen LogP contribution is 2.36. The molecule has 21 heavy (non-hydrogen) atoms. The molecule has 0 amide bonds. The molecule has 1 atom stereocenters. The third-order valence-corrected chi connectivity index (χ3v) is 5.97. The van der Waals surface area contributed by atoms with Crippen molar-refractivity contribution in [3.63, 3.8) is 0 Å². The van der Waals surface area contributed by atoms with Crippen LogP contribution in [0.5, 0.6) is 0 Å². The molecule has 2 aromatic rings. The number of thiophene rings is 1. The first-order chi connectivity index (χ1) is 10.3. The summed E-state index contributed by atoms with van der Waals surface area (Å²) in [6.45, 7) is 1.54. The third kappa shape index (κ3) is 2.44. The van der Waals surface area contributed by atoms with E-state index >= 15 is 0 Å². The van der Waals surface area contributed by atoms with E-state index in [2.05, 4.69) is 36.6 Å². The molecular weight excluding hydrogens is 278 g/mol. The van der Waals surface area contributed by atoms with E-state index in [1.807, 2.05) is 11.3 Å². The van der Waals surface area contributed by atoms with Gasteiger partial charge in [-0.1, -0.05) is 18.2 Å². The van der Waals surface area contributed by atoms with Gasteiger partial charge in [0.15, 0.2) is 0 Å². The Labute approximate surface area is 130 Å². The van der Waals surface area contributed by atoms with Gasteiger partial charge < -0.3 is 10.1 Å². The van der Waals surface area contributed by atoms with E-state index in [0.29, 0.717) is 6.04 Å². The Morgan fingerprint density at radius 1 is 1.05 bits per heavy atom. The van der Waals surface area contributed by atoms with Crippen molar-refractivity contribution in [2.75, 3.05) is 7.05 Å². The molecule has 1 N–H and O–H groups in total. The van der Waals surface area contributed by atoms with Crippen LogP contribution in [-0.2, 0) is 30.8 Å². The Morgan fingerprint density at radius 2 is 1.90 bits per heavy atom. The van der Waals surface area contributed by atoms with Gasteiger partial charge in [0.05, 0.1) is 19.3 Å². The van der Waals surface area contributed by atoms with Crippen molar-refractivity contribution in [1.82, 2.24) is 5.32 Å². The van der Waals surface area contributed by atoms with Gasteiger partial charge in [-0.25, -0.2) is 0 Å². The summed E-state index contributed by atoms with van der Waals surface area (Å²) in [5.41, 5.74) is 5.65. The first kappa shape index (κ1) is 13.5. The Hall–Kier alpha value is -1.16. The predicted octanol–water partition coefficient (Wildman–Crippen LogP) is 3.97. The fourth-order valence-corrected chi connectivity index (χ4v) is 4.90. The minimum absolute atomic E-state index is 0.312. The molecule has 1 aliphatic carbocycles. The molecule has 0 saturated carbocycles. The number of hydrogen-bond acceptors (Lipinski definition) is 3. The van der Waals surface area contributed by atoms with Gasteiger partial charge in [0, 0.05) is 9.75 Å². The molecule has 0 bridgehead atoms. The SMILES string of the molecule is CNC(c1ccc2c(c1)COC2)c1cc2c(s1)CCCC2. The lowest BCUT2D eigenvalue weighted by atomic mass is 9.97. The largest absolute Gasteiger partial charge is 0.372 e. The van der Waals surface area contributed by atoms with Crippen molar-refractivity contribution in [3.05, 3.63) is 56.3 Å². The molecule has 0 radical (unpaired) electrons. The number of benzene rings is 1. The van der Waals surface area contributed by atoms with E-state index in [0.717, 1.165) is 13.2 Å². The van der Waals surface area contributed by atoms with Gasteiger partial charge in [-0.2, -0.15) is 0 Å². The highest BCUT2D eigenvalue weighted by Gasteiger charge is 2.21. The molecule has 110 valence electrons. The molecule has 4 rings (SSSR count). The Morgan fingerprint density at radius 3 is 2.76 bits per heavy atom. The monoisotopic (exact) mass is 299 g/mol. The van der Waals surface area contributed by atoms with Gasteiger partial charge in [0.1, 0.15) is 0 Å². The van der Waals surface area contributed by atoms with Gasteiger partial charge in [-0.15, -0.1) is 11.3 Å². The first-order valence-corrected chi connectivity index (χ1v) is 8.65. The number of hydrogen-bond donors (Lipinski definition) is 1. The van der Waals surface area contributed by atoms with Gasteiger partial charge in [0.25, 0.3) is 0 Å². The number of fused-ring (bicyclic) bond motifs is 2. The van der Waals surface area contributed by atoms with Crippen LogP contribution in [0.1, 0.15) is 50.9 Å². The Kier molecular flexibility index (Phi) is 3.57. The number of rotatable bonds is 3. The zero-order chi connectivity index (χ0) is 14.2. The van der Waals surface area contributed by atoms with Gasteiger partial charge in [-0.05, 0) is 61.1 Å². The lowest BCUT2D eigenvalue weighted by Gasteiger charge is -2.16. The third-order valence-electron chi connectivity index (χ3n) is 4.67. The molecular formula is C18H21NOS.